The molecule has 1 saturated carbocycles. The lowest BCUT2D eigenvalue weighted by atomic mass is 9.76. The summed E-state index contributed by atoms with van der Waals surface area (Å²) in [6.45, 7) is 2.62. The summed E-state index contributed by atoms with van der Waals surface area (Å²) in [6, 6.07) is 8.37. The van der Waals surface area contributed by atoms with Crippen LogP contribution < -0.4 is 5.32 Å². The van der Waals surface area contributed by atoms with E-state index in [1.54, 1.807) is 0 Å². The second kappa shape index (κ2) is 8.61. The Labute approximate surface area is 183 Å². The zero-order valence-electron chi connectivity index (χ0n) is 18.1. The molecular weight excluding hydrogens is 392 g/mol. The van der Waals surface area contributed by atoms with Crippen LogP contribution in [0.3, 0.4) is 0 Å². The van der Waals surface area contributed by atoms with Crippen LogP contribution in [0, 0.1) is 5.41 Å². The van der Waals surface area contributed by atoms with Crippen molar-refractivity contribution in [3.05, 3.63) is 30.6 Å². The first-order valence-corrected chi connectivity index (χ1v) is 11.7. The smallest absolute Gasteiger partial charge is 0.312 e. The van der Waals surface area contributed by atoms with Crippen molar-refractivity contribution in [1.29, 1.82) is 0 Å². The number of cyclic esters (lactones) is 1. The van der Waals surface area contributed by atoms with Crippen molar-refractivity contribution < 1.29 is 14.3 Å². The minimum atomic E-state index is -0.391. The molecule has 7 nitrogen and oxygen atoms in total. The second-order valence-electron chi connectivity index (χ2n) is 9.58. The molecule has 3 heterocycles. The van der Waals surface area contributed by atoms with Crippen LogP contribution in [0.15, 0.2) is 30.6 Å². The number of likely N-dealkylation sites (tertiary alicyclic amines) is 1. The molecule has 5 rings (SSSR count). The number of esters is 1. The molecule has 1 aromatic carbocycles. The van der Waals surface area contributed by atoms with Gasteiger partial charge in [0, 0.05) is 12.5 Å². The molecular formula is C24H32N4O3. The number of imidazole rings is 1. The topological polar surface area (TPSA) is 76.5 Å². The van der Waals surface area contributed by atoms with Crippen molar-refractivity contribution in [3.63, 3.8) is 0 Å². The van der Waals surface area contributed by atoms with Gasteiger partial charge in [0.25, 0.3) is 0 Å². The molecule has 0 radical (unpaired) electrons. The maximum absolute atomic E-state index is 12.8. The molecule has 1 aromatic heterocycles. The fraction of sp³-hybridized carbons (Fsp3) is 0.625. The van der Waals surface area contributed by atoms with Gasteiger partial charge in [-0.15, -0.1) is 0 Å². The van der Waals surface area contributed by atoms with Gasteiger partial charge in [0.15, 0.2) is 0 Å². The standard InChI is InChI=1S/C24H32N4O3/c29-22(26-18-6-2-1-3-7-18)16-27-12-10-24(11-13-27)14-19(31-23(24)30)15-28-17-25-20-8-4-5-9-21(20)28/h4-5,8-9,17-19H,1-3,6-7,10-16H2,(H,26,29). The summed E-state index contributed by atoms with van der Waals surface area (Å²) in [6.07, 6.45) is 9.93. The maximum atomic E-state index is 12.8. The minimum Gasteiger partial charge on any atom is -0.460 e. The average molecular weight is 425 g/mol. The van der Waals surface area contributed by atoms with Gasteiger partial charge in [0.1, 0.15) is 6.10 Å². The van der Waals surface area contributed by atoms with Crippen LogP contribution in [0.1, 0.15) is 51.4 Å². The summed E-state index contributed by atoms with van der Waals surface area (Å²) in [5.41, 5.74) is 1.64. The number of fused-ring (bicyclic) bond motifs is 1. The number of ether oxygens (including phenoxy) is 1. The Balaban J connectivity index is 1.14. The van der Waals surface area contributed by atoms with Gasteiger partial charge in [-0.05, 0) is 50.9 Å². The fourth-order valence-corrected chi connectivity index (χ4v) is 5.58. The number of hydrogen-bond acceptors (Lipinski definition) is 5. The van der Waals surface area contributed by atoms with Crippen LogP contribution in [0.5, 0.6) is 0 Å². The number of hydrogen-bond donors (Lipinski definition) is 1. The summed E-state index contributed by atoms with van der Waals surface area (Å²) < 4.78 is 7.89. The first-order valence-electron chi connectivity index (χ1n) is 11.7. The van der Waals surface area contributed by atoms with Crippen molar-refractivity contribution in [2.75, 3.05) is 19.6 Å². The van der Waals surface area contributed by atoms with Crippen molar-refractivity contribution in [1.82, 2.24) is 19.8 Å². The predicted octanol–water partition coefficient (Wildman–Crippen LogP) is 2.88. The Morgan fingerprint density at radius 1 is 1.16 bits per heavy atom. The van der Waals surface area contributed by atoms with E-state index in [0.717, 1.165) is 56.2 Å². The highest BCUT2D eigenvalue weighted by Crippen LogP contribution is 2.43. The van der Waals surface area contributed by atoms with Gasteiger partial charge in [-0.2, -0.15) is 0 Å². The monoisotopic (exact) mass is 424 g/mol. The first kappa shape index (κ1) is 20.5. The number of nitrogens with zero attached hydrogens (tertiary/aromatic N) is 3. The summed E-state index contributed by atoms with van der Waals surface area (Å²) in [5.74, 6) is 0.0648. The zero-order valence-corrected chi connectivity index (χ0v) is 18.1. The molecule has 2 aliphatic heterocycles. The number of nitrogens with one attached hydrogen (secondary N) is 1. The molecule has 1 aliphatic carbocycles. The van der Waals surface area contributed by atoms with E-state index in [1.165, 1.54) is 19.3 Å². The quantitative estimate of drug-likeness (QED) is 0.747. The molecule has 7 heteroatoms. The summed E-state index contributed by atoms with van der Waals surface area (Å²) in [5, 5.41) is 3.20. The molecule has 1 atom stereocenters. The Bertz CT molecular complexity index is 941. The lowest BCUT2D eigenvalue weighted by Crippen LogP contribution is -2.48. The lowest BCUT2D eigenvalue weighted by molar-refractivity contribution is -0.151. The van der Waals surface area contributed by atoms with E-state index < -0.39 is 5.41 Å². The number of rotatable bonds is 5. The highest BCUT2D eigenvalue weighted by Gasteiger charge is 2.50. The third kappa shape index (κ3) is 4.33. The molecule has 3 fully saturated rings. The van der Waals surface area contributed by atoms with Crippen LogP contribution in [-0.4, -0.2) is 58.1 Å². The number of amides is 1. The zero-order chi connectivity index (χ0) is 21.3. The second-order valence-corrected chi connectivity index (χ2v) is 9.58. The van der Waals surface area contributed by atoms with Gasteiger partial charge in [-0.25, -0.2) is 4.98 Å². The maximum Gasteiger partial charge on any atom is 0.312 e. The number of benzene rings is 1. The number of carbonyl (C=O) groups is 2. The van der Waals surface area contributed by atoms with Crippen LogP contribution in [0.4, 0.5) is 0 Å². The minimum absolute atomic E-state index is 0.0618. The van der Waals surface area contributed by atoms with Gasteiger partial charge in [0.05, 0.1) is 35.9 Å². The molecule has 2 saturated heterocycles. The van der Waals surface area contributed by atoms with Gasteiger partial charge < -0.3 is 14.6 Å². The van der Waals surface area contributed by atoms with E-state index in [0.29, 0.717) is 19.1 Å². The Kier molecular flexibility index (Phi) is 5.69. The average Bonchev–Trinajstić information content (AvgIpc) is 3.32. The number of aromatic nitrogens is 2. The highest BCUT2D eigenvalue weighted by molar-refractivity contribution is 5.80. The van der Waals surface area contributed by atoms with Crippen molar-refractivity contribution in [2.24, 2.45) is 5.41 Å². The van der Waals surface area contributed by atoms with Crippen LogP contribution in [0.2, 0.25) is 0 Å². The summed E-state index contributed by atoms with van der Waals surface area (Å²) in [4.78, 5) is 31.9. The van der Waals surface area contributed by atoms with Gasteiger partial charge in [-0.1, -0.05) is 31.4 Å². The van der Waals surface area contributed by atoms with E-state index in [1.807, 2.05) is 30.6 Å². The summed E-state index contributed by atoms with van der Waals surface area (Å²) >= 11 is 0. The van der Waals surface area contributed by atoms with Crippen LogP contribution in [-0.2, 0) is 20.9 Å². The Hall–Kier alpha value is -2.41. The molecule has 166 valence electrons. The first-order chi connectivity index (χ1) is 15.1. The number of carbonyl (C=O) groups excluding carboxylic acids is 2. The van der Waals surface area contributed by atoms with E-state index in [9.17, 15) is 9.59 Å². The van der Waals surface area contributed by atoms with Crippen LogP contribution in [0.25, 0.3) is 11.0 Å². The van der Waals surface area contributed by atoms with Crippen molar-refractivity contribution in [2.45, 2.75) is 70.1 Å². The van der Waals surface area contributed by atoms with Gasteiger partial charge in [-0.3, -0.25) is 14.5 Å². The third-order valence-electron chi connectivity index (χ3n) is 7.40. The van der Waals surface area contributed by atoms with E-state index in [2.05, 4.69) is 19.8 Å². The van der Waals surface area contributed by atoms with Gasteiger partial charge in [0.2, 0.25) is 5.91 Å². The molecule has 1 unspecified atom stereocenters. The SMILES string of the molecule is O=C(CN1CCC2(CC1)CC(Cn1cnc3ccccc31)OC2=O)NC1CCCCC1. The van der Waals surface area contributed by atoms with Crippen molar-refractivity contribution >= 4 is 22.9 Å². The molecule has 0 bridgehead atoms. The van der Waals surface area contributed by atoms with E-state index in [4.69, 9.17) is 4.74 Å². The molecule has 1 amide bonds. The Morgan fingerprint density at radius 2 is 1.94 bits per heavy atom. The molecule has 2 aromatic rings. The van der Waals surface area contributed by atoms with Gasteiger partial charge >= 0.3 is 5.97 Å². The van der Waals surface area contributed by atoms with E-state index >= 15 is 0 Å². The van der Waals surface area contributed by atoms with E-state index in [-0.39, 0.29) is 18.0 Å². The summed E-state index contributed by atoms with van der Waals surface area (Å²) in [7, 11) is 0. The van der Waals surface area contributed by atoms with Crippen molar-refractivity contribution in [3.8, 4) is 0 Å². The number of piperidine rings is 1. The molecule has 1 spiro atoms. The number of para-hydroxylation sites is 2. The Morgan fingerprint density at radius 3 is 2.74 bits per heavy atom. The molecule has 3 aliphatic rings. The largest absolute Gasteiger partial charge is 0.460 e. The molecule has 31 heavy (non-hydrogen) atoms. The third-order valence-corrected chi connectivity index (χ3v) is 7.40. The van der Waals surface area contributed by atoms with Crippen LogP contribution >= 0.6 is 0 Å². The highest BCUT2D eigenvalue weighted by atomic mass is 16.6. The lowest BCUT2D eigenvalue weighted by Gasteiger charge is -2.36. The molecule has 1 N–H and O–H groups in total. The normalized spacial score (nSPS) is 24.5. The fourth-order valence-electron chi connectivity index (χ4n) is 5.58. The predicted molar refractivity (Wildman–Crippen MR) is 117 cm³/mol.